The predicted octanol–water partition coefficient (Wildman–Crippen LogP) is 2.54. The second-order valence-corrected chi connectivity index (χ2v) is 6.38. The van der Waals surface area contributed by atoms with Crippen molar-refractivity contribution in [2.45, 2.75) is 18.9 Å². The predicted molar refractivity (Wildman–Crippen MR) is 62.6 cm³/mol. The lowest BCUT2D eigenvalue weighted by Gasteiger charge is -2.23. The fourth-order valence-corrected chi connectivity index (χ4v) is 3.61. The summed E-state index contributed by atoms with van der Waals surface area (Å²) in [4.78, 5) is 1.31. The molecule has 0 spiro atoms. The molecule has 1 atom stereocenters. The molecular formula is C10H14BrNOS. The summed E-state index contributed by atoms with van der Waals surface area (Å²) >= 11 is 5.21. The molecule has 1 aromatic rings. The molecule has 78 valence electrons. The van der Waals surface area contributed by atoms with Crippen molar-refractivity contribution >= 4 is 27.3 Å². The van der Waals surface area contributed by atoms with Gasteiger partial charge in [-0.1, -0.05) is 0 Å². The molecule has 0 bridgehead atoms. The topological polar surface area (TPSA) is 32.3 Å². The van der Waals surface area contributed by atoms with Crippen molar-refractivity contribution in [1.29, 1.82) is 0 Å². The molecule has 0 aliphatic heterocycles. The molecule has 1 aromatic heterocycles. The van der Waals surface area contributed by atoms with Crippen molar-refractivity contribution in [3.8, 4) is 0 Å². The van der Waals surface area contributed by atoms with E-state index in [9.17, 15) is 5.11 Å². The molecule has 1 aliphatic carbocycles. The van der Waals surface area contributed by atoms with Gasteiger partial charge in [0.1, 0.15) is 0 Å². The number of thiophene rings is 1. The third-order valence-corrected chi connectivity index (χ3v) is 4.68. The number of aliphatic hydroxyl groups is 1. The molecule has 1 fully saturated rings. The highest BCUT2D eigenvalue weighted by atomic mass is 79.9. The van der Waals surface area contributed by atoms with Gasteiger partial charge in [-0.2, -0.15) is 0 Å². The van der Waals surface area contributed by atoms with E-state index in [0.29, 0.717) is 6.04 Å². The first kappa shape index (κ1) is 10.6. The Labute approximate surface area is 96.5 Å². The zero-order chi connectivity index (χ0) is 10.2. The van der Waals surface area contributed by atoms with E-state index in [1.807, 2.05) is 7.05 Å². The van der Waals surface area contributed by atoms with Crippen molar-refractivity contribution < 1.29 is 5.11 Å². The molecule has 4 heteroatoms. The summed E-state index contributed by atoms with van der Waals surface area (Å²) in [7, 11) is 1.97. The molecule has 2 N–H and O–H groups in total. The van der Waals surface area contributed by atoms with Gasteiger partial charge < -0.3 is 10.4 Å². The van der Waals surface area contributed by atoms with E-state index in [2.05, 4.69) is 33.4 Å². The van der Waals surface area contributed by atoms with Crippen molar-refractivity contribution in [2.24, 2.45) is 5.41 Å². The standard InChI is InChI=1S/C10H14BrNOS/c1-12-9(10(6-13)4-5-10)7-2-3-8(11)14-7/h2-3,9,12-13H,4-6H2,1H3. The van der Waals surface area contributed by atoms with Crippen molar-refractivity contribution in [3.05, 3.63) is 20.8 Å². The summed E-state index contributed by atoms with van der Waals surface area (Å²) in [5, 5.41) is 12.7. The SMILES string of the molecule is CNC(c1ccc(Br)s1)C1(CO)CC1. The number of aliphatic hydroxyl groups excluding tert-OH is 1. The number of hydrogen-bond acceptors (Lipinski definition) is 3. The molecule has 0 radical (unpaired) electrons. The van der Waals surface area contributed by atoms with Gasteiger partial charge in [-0.15, -0.1) is 11.3 Å². The van der Waals surface area contributed by atoms with Crippen molar-refractivity contribution in [3.63, 3.8) is 0 Å². The van der Waals surface area contributed by atoms with Crippen LogP contribution in [0, 0.1) is 5.41 Å². The molecule has 2 nitrogen and oxygen atoms in total. The average molecular weight is 276 g/mol. The summed E-state index contributed by atoms with van der Waals surface area (Å²) in [5.41, 5.74) is 0.110. The second kappa shape index (κ2) is 3.93. The summed E-state index contributed by atoms with van der Waals surface area (Å²) in [6, 6.07) is 4.51. The number of hydrogen-bond donors (Lipinski definition) is 2. The van der Waals surface area contributed by atoms with Gasteiger partial charge in [0.05, 0.1) is 10.4 Å². The number of rotatable bonds is 4. The van der Waals surface area contributed by atoms with Crippen molar-refractivity contribution in [1.82, 2.24) is 5.32 Å². The maximum Gasteiger partial charge on any atom is 0.0701 e. The minimum atomic E-state index is 0.110. The molecule has 1 saturated carbocycles. The lowest BCUT2D eigenvalue weighted by molar-refractivity contribution is 0.177. The lowest BCUT2D eigenvalue weighted by atomic mass is 9.96. The van der Waals surface area contributed by atoms with Gasteiger partial charge in [-0.3, -0.25) is 0 Å². The highest BCUT2D eigenvalue weighted by Crippen LogP contribution is 2.55. The van der Waals surface area contributed by atoms with E-state index < -0.39 is 0 Å². The Bertz CT molecular complexity index is 322. The minimum Gasteiger partial charge on any atom is -0.396 e. The van der Waals surface area contributed by atoms with Crippen LogP contribution in [-0.4, -0.2) is 18.8 Å². The Morgan fingerprint density at radius 2 is 2.36 bits per heavy atom. The summed E-state index contributed by atoms with van der Waals surface area (Å²) in [6.45, 7) is 0.286. The van der Waals surface area contributed by atoms with E-state index in [-0.39, 0.29) is 12.0 Å². The molecular weight excluding hydrogens is 262 g/mol. The number of nitrogens with one attached hydrogen (secondary N) is 1. The first-order valence-electron chi connectivity index (χ1n) is 4.75. The molecule has 0 amide bonds. The van der Waals surface area contributed by atoms with Gasteiger partial charge >= 0.3 is 0 Å². The Balaban J connectivity index is 2.22. The first-order valence-corrected chi connectivity index (χ1v) is 6.36. The third kappa shape index (κ3) is 1.76. The fraction of sp³-hybridized carbons (Fsp3) is 0.600. The van der Waals surface area contributed by atoms with Gasteiger partial charge in [-0.25, -0.2) is 0 Å². The Kier molecular flexibility index (Phi) is 2.98. The molecule has 0 saturated heterocycles. The molecule has 1 aliphatic rings. The van der Waals surface area contributed by atoms with Gasteiger partial charge in [0.2, 0.25) is 0 Å². The normalized spacial score (nSPS) is 20.8. The smallest absolute Gasteiger partial charge is 0.0701 e. The molecule has 2 rings (SSSR count). The summed E-state index contributed by atoms with van der Waals surface area (Å²) < 4.78 is 1.15. The zero-order valence-corrected chi connectivity index (χ0v) is 10.5. The van der Waals surface area contributed by atoms with Crippen LogP contribution in [0.15, 0.2) is 15.9 Å². The van der Waals surface area contributed by atoms with Crippen LogP contribution in [0.3, 0.4) is 0 Å². The van der Waals surface area contributed by atoms with E-state index in [1.54, 1.807) is 11.3 Å². The largest absolute Gasteiger partial charge is 0.396 e. The quantitative estimate of drug-likeness (QED) is 0.885. The maximum absolute atomic E-state index is 9.38. The van der Waals surface area contributed by atoms with Crippen LogP contribution in [0.4, 0.5) is 0 Å². The van der Waals surface area contributed by atoms with Gasteiger partial charge in [0.15, 0.2) is 0 Å². The lowest BCUT2D eigenvalue weighted by Crippen LogP contribution is -2.28. The molecule has 1 heterocycles. The van der Waals surface area contributed by atoms with Crippen LogP contribution in [-0.2, 0) is 0 Å². The highest BCUT2D eigenvalue weighted by Gasteiger charge is 2.49. The van der Waals surface area contributed by atoms with Crippen LogP contribution in [0.1, 0.15) is 23.8 Å². The van der Waals surface area contributed by atoms with Crippen LogP contribution >= 0.6 is 27.3 Å². The van der Waals surface area contributed by atoms with Crippen LogP contribution in [0.25, 0.3) is 0 Å². The van der Waals surface area contributed by atoms with Gasteiger partial charge in [0, 0.05) is 16.3 Å². The van der Waals surface area contributed by atoms with Crippen LogP contribution in [0.5, 0.6) is 0 Å². The van der Waals surface area contributed by atoms with E-state index >= 15 is 0 Å². The van der Waals surface area contributed by atoms with Crippen LogP contribution < -0.4 is 5.32 Å². The Hall–Kier alpha value is 0.1000. The first-order chi connectivity index (χ1) is 6.72. The van der Waals surface area contributed by atoms with E-state index in [1.165, 1.54) is 4.88 Å². The van der Waals surface area contributed by atoms with Crippen molar-refractivity contribution in [2.75, 3.05) is 13.7 Å². The Morgan fingerprint density at radius 3 is 2.71 bits per heavy atom. The molecule has 0 aromatic carbocycles. The van der Waals surface area contributed by atoms with E-state index in [0.717, 1.165) is 16.6 Å². The average Bonchev–Trinajstić information content (AvgIpc) is 2.86. The van der Waals surface area contributed by atoms with Crippen LogP contribution in [0.2, 0.25) is 0 Å². The molecule has 1 unspecified atom stereocenters. The minimum absolute atomic E-state index is 0.110. The van der Waals surface area contributed by atoms with Gasteiger partial charge in [0.25, 0.3) is 0 Å². The monoisotopic (exact) mass is 275 g/mol. The van der Waals surface area contributed by atoms with Gasteiger partial charge in [-0.05, 0) is 48.0 Å². The highest BCUT2D eigenvalue weighted by molar-refractivity contribution is 9.11. The summed E-state index contributed by atoms with van der Waals surface area (Å²) in [6.07, 6.45) is 2.26. The summed E-state index contributed by atoms with van der Waals surface area (Å²) in [5.74, 6) is 0. The maximum atomic E-state index is 9.38. The Morgan fingerprint density at radius 1 is 1.64 bits per heavy atom. The molecule has 14 heavy (non-hydrogen) atoms. The second-order valence-electron chi connectivity index (χ2n) is 3.88. The fourth-order valence-electron chi connectivity index (χ4n) is 1.93. The van der Waals surface area contributed by atoms with E-state index in [4.69, 9.17) is 0 Å². The zero-order valence-electron chi connectivity index (χ0n) is 8.09. The number of halogens is 1. The third-order valence-electron chi connectivity index (χ3n) is 2.99.